The van der Waals surface area contributed by atoms with Crippen LogP contribution >= 0.6 is 7.82 Å². The van der Waals surface area contributed by atoms with Gasteiger partial charge in [-0.05, 0) is 57.4 Å². The largest absolute Gasteiger partial charge is 0.498 e. The summed E-state index contributed by atoms with van der Waals surface area (Å²) in [4.78, 5) is 22.4. The van der Waals surface area contributed by atoms with Crippen molar-refractivity contribution >= 4 is 13.8 Å². The fourth-order valence-corrected chi connectivity index (χ4v) is 6.13. The highest BCUT2D eigenvalue weighted by atomic mass is 31.2. The molecule has 316 valence electrons. The van der Waals surface area contributed by atoms with Crippen molar-refractivity contribution in [2.45, 2.75) is 167 Å². The molecule has 0 rings (SSSR count). The zero-order chi connectivity index (χ0) is 40.3. The van der Waals surface area contributed by atoms with Gasteiger partial charge in [0.15, 0.2) is 6.10 Å². The fraction of sp³-hybridized carbons (Fsp3) is 0.667. The van der Waals surface area contributed by atoms with Gasteiger partial charge in [-0.2, -0.15) is 0 Å². The van der Waals surface area contributed by atoms with Crippen LogP contribution in [0.4, 0.5) is 0 Å². The van der Waals surface area contributed by atoms with Gasteiger partial charge < -0.3 is 25.2 Å². The maximum absolute atomic E-state index is 12.5. The molecule has 10 heteroatoms. The molecule has 3 atom stereocenters. The van der Waals surface area contributed by atoms with Gasteiger partial charge in [-0.3, -0.25) is 13.8 Å². The Hall–Kier alpha value is -2.52. The summed E-state index contributed by atoms with van der Waals surface area (Å²) in [6.07, 6.45) is 50.4. The molecule has 0 aliphatic heterocycles. The Labute approximate surface area is 335 Å². The van der Waals surface area contributed by atoms with E-state index in [0.29, 0.717) is 12.8 Å². The van der Waals surface area contributed by atoms with Crippen LogP contribution in [-0.2, 0) is 27.9 Å². The second-order valence-electron chi connectivity index (χ2n) is 13.7. The number of ether oxygens (including phenoxy) is 2. The van der Waals surface area contributed by atoms with Crippen molar-refractivity contribution in [3.8, 4) is 0 Å². The molecule has 0 radical (unpaired) electrons. The van der Waals surface area contributed by atoms with Crippen molar-refractivity contribution in [2.24, 2.45) is 5.73 Å². The summed E-state index contributed by atoms with van der Waals surface area (Å²) < 4.78 is 33.0. The number of hydrogen-bond donors (Lipinski definition) is 3. The predicted octanol–water partition coefficient (Wildman–Crippen LogP) is 11.8. The van der Waals surface area contributed by atoms with Crippen LogP contribution in [0.15, 0.2) is 85.3 Å². The molecule has 0 aromatic carbocycles. The lowest BCUT2D eigenvalue weighted by molar-refractivity contribution is -0.153. The normalized spacial score (nSPS) is 14.9. The van der Waals surface area contributed by atoms with Crippen LogP contribution in [0.5, 0.6) is 0 Å². The van der Waals surface area contributed by atoms with Crippen molar-refractivity contribution in [3.05, 3.63) is 85.3 Å². The minimum Gasteiger partial charge on any atom is -0.498 e. The van der Waals surface area contributed by atoms with Crippen LogP contribution in [0.3, 0.4) is 0 Å². The number of phosphoric ester groups is 1. The molecule has 0 aliphatic rings. The van der Waals surface area contributed by atoms with Gasteiger partial charge >= 0.3 is 13.8 Å². The number of carbonyl (C=O) groups excluding carboxylic acids is 1. The number of aliphatic hydroxyl groups is 1. The van der Waals surface area contributed by atoms with E-state index in [1.54, 1.807) is 12.3 Å². The van der Waals surface area contributed by atoms with Crippen LogP contribution in [0, 0.1) is 0 Å². The van der Waals surface area contributed by atoms with E-state index in [0.717, 1.165) is 38.5 Å². The maximum atomic E-state index is 12.5. The maximum Gasteiger partial charge on any atom is 0.472 e. The third-order valence-electron chi connectivity index (χ3n) is 8.48. The van der Waals surface area contributed by atoms with Gasteiger partial charge in [0.25, 0.3) is 0 Å². The van der Waals surface area contributed by atoms with Crippen LogP contribution in [0.2, 0.25) is 0 Å². The standard InChI is InChI=1S/C45H78NO8P/c1-3-5-7-8-9-10-11-12-13-14-18-21-24-27-30-34-39-51-41-44(42-53-55(49,50)52-40-38-46)54-45(48)37-33-29-26-23-20-17-15-16-19-22-25-28-32-36-43(47)35-31-6-4-2/h6,16-17,19-20,25-26,28-29,31-32,34,36,39,43-44,47H,3-5,7-15,18,21-24,27,30,33,35,37-38,40-42,46H2,1-2H3,(H,49,50). The Kier molecular flexibility index (Phi) is 39.2. The van der Waals surface area contributed by atoms with E-state index < -0.39 is 26.0 Å². The Bertz CT molecular complexity index is 1130. The number of esters is 1. The van der Waals surface area contributed by atoms with Crippen molar-refractivity contribution in [1.82, 2.24) is 0 Å². The van der Waals surface area contributed by atoms with E-state index in [-0.39, 0.29) is 32.8 Å². The molecule has 0 amide bonds. The number of hydrogen-bond acceptors (Lipinski definition) is 8. The van der Waals surface area contributed by atoms with Crippen LogP contribution < -0.4 is 5.73 Å². The molecule has 9 nitrogen and oxygen atoms in total. The molecule has 0 saturated carbocycles. The summed E-state index contributed by atoms with van der Waals surface area (Å²) in [7, 11) is -4.33. The number of carbonyl (C=O) groups is 1. The molecular weight excluding hydrogens is 713 g/mol. The number of rotatable bonds is 39. The van der Waals surface area contributed by atoms with Gasteiger partial charge in [0.1, 0.15) is 6.61 Å². The van der Waals surface area contributed by atoms with Gasteiger partial charge in [-0.1, -0.05) is 170 Å². The summed E-state index contributed by atoms with van der Waals surface area (Å²) >= 11 is 0. The number of nitrogens with two attached hydrogens (primary N) is 1. The van der Waals surface area contributed by atoms with E-state index in [2.05, 4.69) is 44.2 Å². The Balaban J connectivity index is 4.29. The molecule has 0 spiro atoms. The fourth-order valence-electron chi connectivity index (χ4n) is 5.37. The molecule has 3 unspecified atom stereocenters. The lowest BCUT2D eigenvalue weighted by atomic mass is 10.0. The van der Waals surface area contributed by atoms with Crippen LogP contribution in [0.25, 0.3) is 0 Å². The van der Waals surface area contributed by atoms with Gasteiger partial charge in [0.2, 0.25) is 0 Å². The highest BCUT2D eigenvalue weighted by molar-refractivity contribution is 7.47. The zero-order valence-corrected chi connectivity index (χ0v) is 35.4. The Morgan fingerprint density at radius 1 is 0.673 bits per heavy atom. The molecule has 55 heavy (non-hydrogen) atoms. The smallest absolute Gasteiger partial charge is 0.472 e. The van der Waals surface area contributed by atoms with E-state index in [9.17, 15) is 19.4 Å². The lowest BCUT2D eigenvalue weighted by Crippen LogP contribution is -2.27. The SMILES string of the molecule is CCC=CCC(O)C=CC=CCC=CCC=CCC=CCCC(=O)OC(COC=CCCCCCCCCCCCCCCCC)COP(=O)(O)OCCN. The molecule has 4 N–H and O–H groups in total. The van der Waals surface area contributed by atoms with Gasteiger partial charge in [-0.25, -0.2) is 4.57 Å². The quantitative estimate of drug-likeness (QED) is 0.0139. The summed E-state index contributed by atoms with van der Waals surface area (Å²) in [5.74, 6) is -0.450. The summed E-state index contributed by atoms with van der Waals surface area (Å²) in [6, 6.07) is 0. The van der Waals surface area contributed by atoms with Crippen molar-refractivity contribution in [1.29, 1.82) is 0 Å². The first-order valence-corrected chi connectivity index (χ1v) is 22.7. The topological polar surface area (TPSA) is 138 Å². The number of aliphatic hydroxyl groups excluding tert-OH is 1. The highest BCUT2D eigenvalue weighted by Crippen LogP contribution is 2.43. The van der Waals surface area contributed by atoms with E-state index in [1.165, 1.54) is 83.5 Å². The second-order valence-corrected chi connectivity index (χ2v) is 15.2. The molecule has 0 fully saturated rings. The van der Waals surface area contributed by atoms with E-state index >= 15 is 0 Å². The third-order valence-corrected chi connectivity index (χ3v) is 9.47. The Morgan fingerprint density at radius 2 is 1.25 bits per heavy atom. The first kappa shape index (κ1) is 52.5. The van der Waals surface area contributed by atoms with Crippen molar-refractivity contribution in [3.63, 3.8) is 0 Å². The first-order chi connectivity index (χ1) is 26.8. The molecule has 0 saturated heterocycles. The van der Waals surface area contributed by atoms with Crippen LogP contribution in [-0.4, -0.2) is 54.5 Å². The minimum atomic E-state index is -4.33. The van der Waals surface area contributed by atoms with E-state index in [1.807, 2.05) is 42.5 Å². The van der Waals surface area contributed by atoms with Gasteiger partial charge in [-0.15, -0.1) is 0 Å². The molecule has 0 heterocycles. The summed E-state index contributed by atoms with van der Waals surface area (Å²) in [5, 5.41) is 9.83. The highest BCUT2D eigenvalue weighted by Gasteiger charge is 2.25. The average molecular weight is 792 g/mol. The Morgan fingerprint density at radius 3 is 1.85 bits per heavy atom. The molecule has 0 aromatic rings. The van der Waals surface area contributed by atoms with Crippen molar-refractivity contribution < 1.29 is 37.9 Å². The molecule has 0 aromatic heterocycles. The minimum absolute atomic E-state index is 0.0123. The molecule has 0 aliphatic carbocycles. The van der Waals surface area contributed by atoms with Crippen LogP contribution in [0.1, 0.15) is 155 Å². The van der Waals surface area contributed by atoms with E-state index in [4.69, 9.17) is 24.3 Å². The number of phosphoric acid groups is 1. The van der Waals surface area contributed by atoms with Gasteiger partial charge in [0.05, 0.1) is 25.6 Å². The average Bonchev–Trinajstić information content (AvgIpc) is 3.17. The molecule has 0 bridgehead atoms. The number of allylic oxidation sites excluding steroid dienone is 11. The second kappa shape index (κ2) is 41.1. The van der Waals surface area contributed by atoms with Crippen molar-refractivity contribution in [2.75, 3.05) is 26.4 Å². The summed E-state index contributed by atoms with van der Waals surface area (Å²) in [6.45, 7) is 3.92. The molecular formula is C45H78NO8P. The third kappa shape index (κ3) is 40.9. The lowest BCUT2D eigenvalue weighted by Gasteiger charge is -2.19. The summed E-state index contributed by atoms with van der Waals surface area (Å²) in [5.41, 5.74) is 5.35. The zero-order valence-electron chi connectivity index (χ0n) is 34.5. The monoisotopic (exact) mass is 792 g/mol. The van der Waals surface area contributed by atoms with Gasteiger partial charge in [0, 0.05) is 13.0 Å². The number of unbranched alkanes of at least 4 members (excludes halogenated alkanes) is 14. The predicted molar refractivity (Wildman–Crippen MR) is 230 cm³/mol. The first-order valence-electron chi connectivity index (χ1n) is 21.2.